The van der Waals surface area contributed by atoms with Gasteiger partial charge in [0.15, 0.2) is 5.78 Å². The lowest BCUT2D eigenvalue weighted by Gasteiger charge is -2.46. The van der Waals surface area contributed by atoms with E-state index in [0.717, 1.165) is 32.1 Å². The van der Waals surface area contributed by atoms with Gasteiger partial charge in [-0.25, -0.2) is 14.6 Å². The third-order valence-electron chi connectivity index (χ3n) is 7.64. The second-order valence-electron chi connectivity index (χ2n) is 10.2. The molecular formula is C26H31N3O8S. The lowest BCUT2D eigenvalue weighted by molar-refractivity contribution is -0.167. The highest BCUT2D eigenvalue weighted by atomic mass is 32.1. The first-order valence-electron chi connectivity index (χ1n) is 12.9. The highest BCUT2D eigenvalue weighted by molar-refractivity contribution is 7.18. The van der Waals surface area contributed by atoms with Gasteiger partial charge in [-0.3, -0.25) is 14.0 Å². The number of hydrogen-bond acceptors (Lipinski definition) is 10. The van der Waals surface area contributed by atoms with Gasteiger partial charge in [-0.2, -0.15) is 0 Å². The van der Waals surface area contributed by atoms with E-state index in [0.29, 0.717) is 26.8 Å². The lowest BCUT2D eigenvalue weighted by Crippen LogP contribution is -2.63. The minimum absolute atomic E-state index is 0.0492. The summed E-state index contributed by atoms with van der Waals surface area (Å²) in [5, 5.41) is 10.2. The van der Waals surface area contributed by atoms with Crippen molar-refractivity contribution >= 4 is 45.6 Å². The predicted octanol–water partition coefficient (Wildman–Crippen LogP) is 3.46. The number of amides is 1. The molecule has 3 aliphatic rings. The van der Waals surface area contributed by atoms with Crippen LogP contribution in [-0.4, -0.2) is 68.2 Å². The molecule has 2 aliphatic heterocycles. The lowest BCUT2D eigenvalue weighted by atomic mass is 9.77. The molecule has 0 spiro atoms. The van der Waals surface area contributed by atoms with Crippen LogP contribution in [-0.2, 0) is 23.8 Å². The molecule has 0 radical (unpaired) electrons. The van der Waals surface area contributed by atoms with Crippen molar-refractivity contribution in [2.24, 2.45) is 11.8 Å². The summed E-state index contributed by atoms with van der Waals surface area (Å²) < 4.78 is 17.3. The summed E-state index contributed by atoms with van der Waals surface area (Å²) in [6.45, 7) is 6.00. The Morgan fingerprint density at radius 1 is 1.21 bits per heavy atom. The number of carbonyl (C=O) groups is 4. The van der Waals surface area contributed by atoms with E-state index in [2.05, 4.69) is 4.98 Å². The quantitative estimate of drug-likeness (QED) is 0.240. The molecule has 1 amide bonds. The van der Waals surface area contributed by atoms with Crippen LogP contribution in [0.25, 0.3) is 10.4 Å². The maximum Gasteiger partial charge on any atom is 0.511 e. The normalized spacial score (nSPS) is 24.3. The fourth-order valence-electron chi connectivity index (χ4n) is 5.81. The van der Waals surface area contributed by atoms with Crippen molar-refractivity contribution in [2.45, 2.75) is 78.0 Å². The van der Waals surface area contributed by atoms with Gasteiger partial charge in [-0.15, -0.1) is 11.3 Å². The maximum absolute atomic E-state index is 13.3. The van der Waals surface area contributed by atoms with Crippen LogP contribution in [0.3, 0.4) is 0 Å². The van der Waals surface area contributed by atoms with Crippen molar-refractivity contribution in [1.82, 2.24) is 14.3 Å². The van der Waals surface area contributed by atoms with E-state index >= 15 is 0 Å². The predicted molar refractivity (Wildman–Crippen MR) is 135 cm³/mol. The largest absolute Gasteiger partial charge is 0.511 e. The molecule has 4 heterocycles. The molecule has 1 aliphatic carbocycles. The Morgan fingerprint density at radius 2 is 1.92 bits per heavy atom. The van der Waals surface area contributed by atoms with Gasteiger partial charge < -0.3 is 24.2 Å². The first kappa shape index (κ1) is 26.4. The van der Waals surface area contributed by atoms with Crippen molar-refractivity contribution in [3.05, 3.63) is 28.3 Å². The number of ether oxygens (including phenoxy) is 3. The minimum atomic E-state index is -0.904. The van der Waals surface area contributed by atoms with E-state index in [9.17, 15) is 24.3 Å². The second kappa shape index (κ2) is 10.1. The molecule has 12 heteroatoms. The first-order chi connectivity index (χ1) is 18.1. The number of nitrogens with zero attached hydrogens (tertiary/aromatic N) is 3. The number of aliphatic hydroxyl groups excluding tert-OH is 1. The van der Waals surface area contributed by atoms with Crippen molar-refractivity contribution in [2.75, 3.05) is 6.79 Å². The van der Waals surface area contributed by atoms with Crippen LogP contribution >= 0.6 is 11.3 Å². The SMILES string of the molecule is CC(=O)c1nc(C)n2cc(C3=C(C(=O)OCOC(=O)OC4CCCCC4)N4C(=O)[C@H]([C@@H](C)O)[C@H]4[C@H]3C)sc12. The van der Waals surface area contributed by atoms with E-state index in [4.69, 9.17) is 14.2 Å². The highest BCUT2D eigenvalue weighted by Gasteiger charge is 2.60. The van der Waals surface area contributed by atoms with Crippen LogP contribution in [0, 0.1) is 18.8 Å². The van der Waals surface area contributed by atoms with Gasteiger partial charge in [-0.05, 0) is 39.5 Å². The third-order valence-corrected chi connectivity index (χ3v) is 8.77. The van der Waals surface area contributed by atoms with Gasteiger partial charge in [0.25, 0.3) is 0 Å². The van der Waals surface area contributed by atoms with Crippen molar-refractivity contribution in [3.63, 3.8) is 0 Å². The Labute approximate surface area is 223 Å². The number of ketones is 1. The minimum Gasteiger partial charge on any atom is -0.431 e. The molecule has 0 aromatic carbocycles. The van der Waals surface area contributed by atoms with Crippen LogP contribution in [0.1, 0.15) is 74.1 Å². The monoisotopic (exact) mass is 545 g/mol. The van der Waals surface area contributed by atoms with E-state index in [1.165, 1.54) is 23.2 Å². The molecule has 0 unspecified atom stereocenters. The average Bonchev–Trinajstić information content (AvgIpc) is 3.49. The number of rotatable bonds is 7. The number of fused-ring (bicyclic) bond motifs is 2. The van der Waals surface area contributed by atoms with Crippen LogP contribution in [0.4, 0.5) is 4.79 Å². The van der Waals surface area contributed by atoms with Crippen LogP contribution < -0.4 is 0 Å². The molecule has 38 heavy (non-hydrogen) atoms. The Hall–Kier alpha value is -3.25. The Kier molecular flexibility index (Phi) is 7.03. The van der Waals surface area contributed by atoms with Crippen molar-refractivity contribution in [3.8, 4) is 0 Å². The number of carbonyl (C=O) groups excluding carboxylic acids is 4. The summed E-state index contributed by atoms with van der Waals surface area (Å²) in [5.74, 6) is -1.71. The molecule has 204 valence electrons. The number of Topliss-reactive ketones (excluding diaryl/α,β-unsaturated/α-hetero) is 1. The zero-order valence-electron chi connectivity index (χ0n) is 21.8. The standard InChI is InChI=1S/C26H31N3O8S/c1-12-18(17-10-28-15(4)27-20(14(3)31)24(28)38-17)22(29-21(12)19(13(2)30)23(29)32)25(33)35-11-36-26(34)37-16-8-6-5-7-9-16/h10,12-13,16,19,21,30H,5-9,11H2,1-4H3/t12-,13+,19+,21+/m0/s1. The molecule has 1 N–H and O–H groups in total. The Bertz CT molecular complexity index is 1340. The zero-order chi connectivity index (χ0) is 27.3. The van der Waals surface area contributed by atoms with Gasteiger partial charge in [0.1, 0.15) is 28.1 Å². The second-order valence-corrected chi connectivity index (χ2v) is 11.2. The molecule has 2 aromatic rings. The fourth-order valence-corrected chi connectivity index (χ4v) is 7.14. The zero-order valence-corrected chi connectivity index (χ0v) is 22.6. The molecule has 11 nitrogen and oxygen atoms in total. The van der Waals surface area contributed by atoms with Crippen LogP contribution in [0.5, 0.6) is 0 Å². The summed E-state index contributed by atoms with van der Waals surface area (Å²) in [6.07, 6.45) is 4.44. The summed E-state index contributed by atoms with van der Waals surface area (Å²) in [7, 11) is 0. The summed E-state index contributed by atoms with van der Waals surface area (Å²) >= 11 is 1.29. The molecule has 4 atom stereocenters. The Morgan fingerprint density at radius 3 is 2.58 bits per heavy atom. The topological polar surface area (TPSA) is 137 Å². The number of aromatic nitrogens is 2. The molecular weight excluding hydrogens is 514 g/mol. The number of β-lactam (4-membered cyclic amide) rings is 1. The molecule has 5 rings (SSSR count). The summed E-state index contributed by atoms with van der Waals surface area (Å²) in [6, 6.07) is -0.426. The van der Waals surface area contributed by atoms with E-state index in [1.54, 1.807) is 24.4 Å². The number of esters is 1. The summed E-state index contributed by atoms with van der Waals surface area (Å²) in [4.78, 5) is 57.5. The Balaban J connectivity index is 1.41. The highest BCUT2D eigenvalue weighted by Crippen LogP contribution is 2.52. The van der Waals surface area contributed by atoms with Crippen molar-refractivity contribution in [1.29, 1.82) is 0 Å². The molecule has 1 saturated heterocycles. The van der Waals surface area contributed by atoms with E-state index in [1.807, 2.05) is 6.92 Å². The number of aliphatic hydroxyl groups is 1. The number of thiazole rings is 1. The number of aryl methyl sites for hydroxylation is 1. The first-order valence-corrected chi connectivity index (χ1v) is 13.7. The van der Waals surface area contributed by atoms with Gasteiger partial charge in [0, 0.05) is 24.6 Å². The molecule has 2 aromatic heterocycles. The van der Waals surface area contributed by atoms with Crippen LogP contribution in [0.15, 0.2) is 11.9 Å². The fraction of sp³-hybridized carbons (Fsp3) is 0.577. The molecule has 0 bridgehead atoms. The average molecular weight is 546 g/mol. The van der Waals surface area contributed by atoms with Gasteiger partial charge >= 0.3 is 12.1 Å². The summed E-state index contributed by atoms with van der Waals surface area (Å²) in [5.41, 5.74) is 0.956. The smallest absolute Gasteiger partial charge is 0.431 e. The molecule has 2 fully saturated rings. The third kappa shape index (κ3) is 4.39. The molecule has 1 saturated carbocycles. The van der Waals surface area contributed by atoms with Gasteiger partial charge in [-0.1, -0.05) is 13.3 Å². The maximum atomic E-state index is 13.3. The van der Waals surface area contributed by atoms with E-state index < -0.39 is 37.0 Å². The van der Waals surface area contributed by atoms with Crippen molar-refractivity contribution < 1.29 is 38.5 Å². The van der Waals surface area contributed by atoms with Crippen LogP contribution in [0.2, 0.25) is 0 Å². The number of imidazole rings is 1. The van der Waals surface area contributed by atoms with Gasteiger partial charge in [0.2, 0.25) is 12.7 Å². The van der Waals surface area contributed by atoms with Gasteiger partial charge in [0.05, 0.1) is 22.9 Å². The van der Waals surface area contributed by atoms with E-state index in [-0.39, 0.29) is 29.4 Å². The number of hydrogen-bond donors (Lipinski definition) is 1.